The van der Waals surface area contributed by atoms with Gasteiger partial charge in [-0.3, -0.25) is 14.3 Å². The molecule has 1 atom stereocenters. The number of rotatable bonds is 4. The third-order valence-electron chi connectivity index (χ3n) is 3.85. The normalized spacial score (nSPS) is 17.5. The van der Waals surface area contributed by atoms with Crippen molar-refractivity contribution in [2.24, 2.45) is 0 Å². The van der Waals surface area contributed by atoms with E-state index in [1.165, 1.54) is 17.0 Å². The van der Waals surface area contributed by atoms with Crippen LogP contribution < -0.4 is 5.56 Å². The molecule has 0 bridgehead atoms. The minimum Gasteiger partial charge on any atom is -0.390 e. The van der Waals surface area contributed by atoms with E-state index in [4.69, 9.17) is 27.9 Å². The smallest absolute Gasteiger partial charge is 0.261 e. The van der Waals surface area contributed by atoms with Crippen LogP contribution in [0.1, 0.15) is 0 Å². The molecule has 0 spiro atoms. The van der Waals surface area contributed by atoms with E-state index in [0.717, 1.165) is 13.1 Å². The molecule has 1 aromatic heterocycles. The first-order chi connectivity index (χ1) is 11.0. The maximum Gasteiger partial charge on any atom is 0.261 e. The lowest BCUT2D eigenvalue weighted by Crippen LogP contribution is -2.42. The molecule has 6 nitrogen and oxygen atoms in total. The third-order valence-corrected chi connectivity index (χ3v) is 4.57. The van der Waals surface area contributed by atoms with Crippen molar-refractivity contribution in [1.82, 2.24) is 14.5 Å². The van der Waals surface area contributed by atoms with Gasteiger partial charge < -0.3 is 9.84 Å². The predicted molar refractivity (Wildman–Crippen MR) is 89.3 cm³/mol. The van der Waals surface area contributed by atoms with Gasteiger partial charge in [0.1, 0.15) is 0 Å². The highest BCUT2D eigenvalue weighted by molar-refractivity contribution is 6.42. The van der Waals surface area contributed by atoms with E-state index >= 15 is 0 Å². The predicted octanol–water partition coefficient (Wildman–Crippen LogP) is 1.40. The van der Waals surface area contributed by atoms with Crippen LogP contribution in [0.4, 0.5) is 0 Å². The molecule has 8 heteroatoms. The van der Waals surface area contributed by atoms with Crippen LogP contribution in [0.3, 0.4) is 0 Å². The van der Waals surface area contributed by atoms with Gasteiger partial charge >= 0.3 is 0 Å². The lowest BCUT2D eigenvalue weighted by Gasteiger charge is -2.28. The molecule has 1 N–H and O–H groups in total. The summed E-state index contributed by atoms with van der Waals surface area (Å²) in [5, 5.41) is 11.3. The second-order valence-corrected chi connectivity index (χ2v) is 6.37. The topological polar surface area (TPSA) is 67.6 Å². The minimum absolute atomic E-state index is 0.180. The number of aliphatic hydroxyl groups excluding tert-OH is 1. The summed E-state index contributed by atoms with van der Waals surface area (Å²) in [4.78, 5) is 18.8. The average molecular weight is 358 g/mol. The molecule has 1 aromatic carbocycles. The zero-order valence-electron chi connectivity index (χ0n) is 12.4. The molecule has 2 aromatic rings. The molecule has 0 saturated carbocycles. The second kappa shape index (κ2) is 7.15. The van der Waals surface area contributed by atoms with Gasteiger partial charge in [0, 0.05) is 19.6 Å². The Morgan fingerprint density at radius 3 is 2.65 bits per heavy atom. The van der Waals surface area contributed by atoms with E-state index in [1.54, 1.807) is 6.07 Å². The van der Waals surface area contributed by atoms with Gasteiger partial charge in [-0.25, -0.2) is 4.98 Å². The summed E-state index contributed by atoms with van der Waals surface area (Å²) in [6.07, 6.45) is 0.769. The van der Waals surface area contributed by atoms with Gasteiger partial charge in [0.2, 0.25) is 0 Å². The maximum absolute atomic E-state index is 12.5. The molecular weight excluding hydrogens is 341 g/mol. The van der Waals surface area contributed by atoms with Crippen molar-refractivity contribution < 1.29 is 9.84 Å². The quantitative estimate of drug-likeness (QED) is 0.895. The Hall–Kier alpha value is -1.18. The lowest BCUT2D eigenvalue weighted by molar-refractivity contribution is 0.0113. The zero-order chi connectivity index (χ0) is 16.4. The molecule has 0 radical (unpaired) electrons. The number of hydrogen-bond acceptors (Lipinski definition) is 5. The van der Waals surface area contributed by atoms with Crippen molar-refractivity contribution in [2.45, 2.75) is 12.6 Å². The van der Waals surface area contributed by atoms with Gasteiger partial charge in [-0.05, 0) is 12.1 Å². The van der Waals surface area contributed by atoms with E-state index < -0.39 is 6.10 Å². The number of halogens is 2. The maximum atomic E-state index is 12.5. The van der Waals surface area contributed by atoms with Crippen LogP contribution in [0.5, 0.6) is 0 Å². The average Bonchev–Trinajstić information content (AvgIpc) is 2.53. The Balaban J connectivity index is 1.78. The summed E-state index contributed by atoms with van der Waals surface area (Å²) in [6, 6.07) is 3.08. The van der Waals surface area contributed by atoms with Crippen molar-refractivity contribution in [3.63, 3.8) is 0 Å². The number of hydrogen-bond donors (Lipinski definition) is 1. The molecule has 23 heavy (non-hydrogen) atoms. The molecule has 1 saturated heterocycles. The number of morpholine rings is 1. The SMILES string of the molecule is O=c1c2cc(Cl)c(Cl)cc2ncn1C[C@@H](O)CN1CCOCC1. The Labute approximate surface area is 143 Å². The molecule has 0 amide bonds. The summed E-state index contributed by atoms with van der Waals surface area (Å²) in [5.74, 6) is 0. The van der Waals surface area contributed by atoms with E-state index in [-0.39, 0.29) is 12.1 Å². The molecule has 2 heterocycles. The zero-order valence-corrected chi connectivity index (χ0v) is 13.9. The van der Waals surface area contributed by atoms with E-state index in [0.29, 0.717) is 40.7 Å². The summed E-state index contributed by atoms with van der Waals surface area (Å²) < 4.78 is 6.68. The molecule has 124 valence electrons. The van der Waals surface area contributed by atoms with Crippen LogP contribution in [-0.2, 0) is 11.3 Å². The first kappa shape index (κ1) is 16.7. The van der Waals surface area contributed by atoms with Crippen LogP contribution in [0, 0.1) is 0 Å². The van der Waals surface area contributed by atoms with Gasteiger partial charge in [0.15, 0.2) is 0 Å². The van der Waals surface area contributed by atoms with Gasteiger partial charge in [0.25, 0.3) is 5.56 Å². The molecule has 1 aliphatic rings. The first-order valence-corrected chi connectivity index (χ1v) is 8.12. The molecule has 3 rings (SSSR count). The molecule has 0 aliphatic carbocycles. The van der Waals surface area contributed by atoms with Crippen molar-refractivity contribution in [1.29, 1.82) is 0 Å². The number of ether oxygens (including phenoxy) is 1. The Kier molecular flexibility index (Phi) is 5.18. The summed E-state index contributed by atoms with van der Waals surface area (Å²) in [7, 11) is 0. The first-order valence-electron chi connectivity index (χ1n) is 7.37. The van der Waals surface area contributed by atoms with Crippen molar-refractivity contribution in [3.8, 4) is 0 Å². The van der Waals surface area contributed by atoms with Gasteiger partial charge in [-0.15, -0.1) is 0 Å². The number of aromatic nitrogens is 2. The third kappa shape index (κ3) is 3.84. The van der Waals surface area contributed by atoms with Crippen LogP contribution in [0.15, 0.2) is 23.3 Å². The van der Waals surface area contributed by atoms with Gasteiger partial charge in [-0.2, -0.15) is 0 Å². The standard InChI is InChI=1S/C15H17Cl2N3O3/c16-12-5-11-14(6-13(12)17)18-9-20(15(11)22)8-10(21)7-19-1-3-23-4-2-19/h5-6,9-10,21H,1-4,7-8H2/t10-/m0/s1. The molecular formula is C15H17Cl2N3O3. The van der Waals surface area contributed by atoms with E-state index in [1.807, 2.05) is 0 Å². The van der Waals surface area contributed by atoms with Crippen molar-refractivity contribution in [3.05, 3.63) is 38.9 Å². The fraction of sp³-hybridized carbons (Fsp3) is 0.467. The number of nitrogens with zero attached hydrogens (tertiary/aromatic N) is 3. The number of aliphatic hydroxyl groups is 1. The minimum atomic E-state index is -0.659. The highest BCUT2D eigenvalue weighted by Gasteiger charge is 2.16. The van der Waals surface area contributed by atoms with E-state index in [9.17, 15) is 9.90 Å². The number of benzene rings is 1. The summed E-state index contributed by atoms with van der Waals surface area (Å²) >= 11 is 11.9. The Morgan fingerprint density at radius 2 is 1.91 bits per heavy atom. The van der Waals surface area contributed by atoms with Crippen LogP contribution in [0.25, 0.3) is 10.9 Å². The Morgan fingerprint density at radius 1 is 1.22 bits per heavy atom. The monoisotopic (exact) mass is 357 g/mol. The fourth-order valence-corrected chi connectivity index (χ4v) is 2.97. The van der Waals surface area contributed by atoms with Crippen molar-refractivity contribution in [2.75, 3.05) is 32.8 Å². The van der Waals surface area contributed by atoms with E-state index in [2.05, 4.69) is 9.88 Å². The molecule has 0 unspecified atom stereocenters. The van der Waals surface area contributed by atoms with Crippen molar-refractivity contribution >= 4 is 34.1 Å². The number of fused-ring (bicyclic) bond motifs is 1. The summed E-state index contributed by atoms with van der Waals surface area (Å²) in [5.41, 5.74) is 0.248. The number of β-amino-alcohol motifs (C(OH)–C–C–N with tert-alkyl or cyclic N) is 1. The highest BCUT2D eigenvalue weighted by atomic mass is 35.5. The van der Waals surface area contributed by atoms with Gasteiger partial charge in [0.05, 0.1) is 53.1 Å². The highest BCUT2D eigenvalue weighted by Crippen LogP contribution is 2.25. The fourth-order valence-electron chi connectivity index (χ4n) is 2.65. The Bertz CT molecular complexity index is 759. The molecule has 1 fully saturated rings. The van der Waals surface area contributed by atoms with Gasteiger partial charge in [-0.1, -0.05) is 23.2 Å². The lowest BCUT2D eigenvalue weighted by atomic mass is 10.2. The second-order valence-electron chi connectivity index (χ2n) is 5.55. The summed E-state index contributed by atoms with van der Waals surface area (Å²) in [6.45, 7) is 3.59. The largest absolute Gasteiger partial charge is 0.390 e. The molecule has 1 aliphatic heterocycles. The van der Waals surface area contributed by atoms with Crippen LogP contribution >= 0.6 is 23.2 Å². The van der Waals surface area contributed by atoms with Crippen LogP contribution in [-0.4, -0.2) is 58.5 Å². The van der Waals surface area contributed by atoms with Crippen LogP contribution in [0.2, 0.25) is 10.0 Å².